The molecule has 2 saturated carbocycles. The van der Waals surface area contributed by atoms with E-state index in [0.29, 0.717) is 34.7 Å². The Bertz CT molecular complexity index is 1190. The molecule has 2 aromatic heterocycles. The van der Waals surface area contributed by atoms with E-state index >= 15 is 0 Å². The minimum absolute atomic E-state index is 0.260. The summed E-state index contributed by atoms with van der Waals surface area (Å²) in [6, 6.07) is 1.16. The number of nitrogens with zero attached hydrogens (tertiary/aromatic N) is 5. The minimum atomic E-state index is 0.260. The first-order valence-corrected chi connectivity index (χ1v) is 16.7. The van der Waals surface area contributed by atoms with E-state index < -0.39 is 0 Å². The largest absolute Gasteiger partial charge is 0.377 e. The molecule has 2 aliphatic heterocycles. The monoisotopic (exact) mass is 622 g/mol. The normalized spacial score (nSPS) is 28.2. The van der Waals surface area contributed by atoms with E-state index in [2.05, 4.69) is 30.2 Å². The van der Waals surface area contributed by atoms with Crippen molar-refractivity contribution < 1.29 is 9.47 Å². The van der Waals surface area contributed by atoms with Crippen molar-refractivity contribution in [3.8, 4) is 0 Å². The van der Waals surface area contributed by atoms with E-state index in [1.807, 2.05) is 0 Å². The van der Waals surface area contributed by atoms with Crippen LogP contribution in [0.2, 0.25) is 15.7 Å². The molecule has 0 radical (unpaired) electrons. The minimum Gasteiger partial charge on any atom is -0.377 e. The number of hydrogen-bond donors (Lipinski definition) is 1. The first-order chi connectivity index (χ1) is 20.1. The molecule has 224 valence electrons. The summed E-state index contributed by atoms with van der Waals surface area (Å²) in [7, 11) is 0. The van der Waals surface area contributed by atoms with Crippen molar-refractivity contribution >= 4 is 40.6 Å². The van der Waals surface area contributed by atoms with Crippen molar-refractivity contribution in [3.05, 3.63) is 38.2 Å². The Labute approximate surface area is 258 Å². The van der Waals surface area contributed by atoms with Gasteiger partial charge in [-0.2, -0.15) is 0 Å². The molecule has 1 N–H and O–H groups in total. The summed E-state index contributed by atoms with van der Waals surface area (Å²) in [5, 5.41) is 4.71. The fourth-order valence-electron chi connectivity index (χ4n) is 7.29. The third-order valence-corrected chi connectivity index (χ3v) is 9.87. The Balaban J connectivity index is 0.000000122. The number of ether oxygens (including phenoxy) is 2. The maximum absolute atomic E-state index is 6.15. The molecular weight excluding hydrogens is 583 g/mol. The number of fused-ring (bicyclic) bond motifs is 4. The third kappa shape index (κ3) is 7.10. The highest BCUT2D eigenvalue weighted by molar-refractivity contribution is 6.32. The third-order valence-electron chi connectivity index (χ3n) is 9.22. The predicted molar refractivity (Wildman–Crippen MR) is 162 cm³/mol. The lowest BCUT2D eigenvalue weighted by Gasteiger charge is -2.32. The highest BCUT2D eigenvalue weighted by Gasteiger charge is 2.37. The Morgan fingerprint density at radius 1 is 0.659 bits per heavy atom. The zero-order chi connectivity index (χ0) is 28.2. The molecule has 41 heavy (non-hydrogen) atoms. The Morgan fingerprint density at radius 2 is 1.34 bits per heavy atom. The summed E-state index contributed by atoms with van der Waals surface area (Å²) in [5.74, 6) is 1.10. The summed E-state index contributed by atoms with van der Waals surface area (Å²) in [6.45, 7) is 4.02. The molecule has 11 heteroatoms. The van der Waals surface area contributed by atoms with E-state index in [4.69, 9.17) is 44.3 Å². The lowest BCUT2D eigenvalue weighted by molar-refractivity contribution is 0.0562. The van der Waals surface area contributed by atoms with Gasteiger partial charge >= 0.3 is 0 Å². The number of anilines is 1. The SMILES string of the molecule is C1CN[C@H]2CCC[C@@H]2OC1.Clc1nc(Cl)c2c(n1)CCC2.Clc1nc2c(c(N3CCCO[C@H]4CCC[C@@H]43)n1)CCC2. The van der Waals surface area contributed by atoms with Gasteiger partial charge in [0, 0.05) is 36.9 Å². The molecule has 4 fully saturated rings. The number of aromatic nitrogens is 4. The van der Waals surface area contributed by atoms with Crippen molar-refractivity contribution in [2.75, 3.05) is 31.2 Å². The van der Waals surface area contributed by atoms with E-state index in [9.17, 15) is 0 Å². The quantitative estimate of drug-likeness (QED) is 0.308. The lowest BCUT2D eigenvalue weighted by Crippen LogP contribution is -2.41. The molecule has 2 saturated heterocycles. The zero-order valence-corrected chi connectivity index (χ0v) is 26.0. The second-order valence-electron chi connectivity index (χ2n) is 11.9. The maximum atomic E-state index is 6.15. The summed E-state index contributed by atoms with van der Waals surface area (Å²) < 4.78 is 11.7. The first kappa shape index (κ1) is 29.8. The number of hydrogen-bond acceptors (Lipinski definition) is 8. The molecule has 4 aliphatic carbocycles. The van der Waals surface area contributed by atoms with Crippen LogP contribution in [0.4, 0.5) is 5.82 Å². The molecule has 0 spiro atoms. The Kier molecular flexibility index (Phi) is 10.2. The van der Waals surface area contributed by atoms with Crippen LogP contribution in [-0.4, -0.2) is 70.5 Å². The van der Waals surface area contributed by atoms with Crippen molar-refractivity contribution in [2.45, 2.75) is 114 Å². The number of rotatable bonds is 1. The van der Waals surface area contributed by atoms with Crippen molar-refractivity contribution in [3.63, 3.8) is 0 Å². The van der Waals surface area contributed by atoms with Gasteiger partial charge in [-0.15, -0.1) is 0 Å². The van der Waals surface area contributed by atoms with Gasteiger partial charge in [0.15, 0.2) is 0 Å². The van der Waals surface area contributed by atoms with Crippen LogP contribution in [-0.2, 0) is 35.2 Å². The van der Waals surface area contributed by atoms with Crippen LogP contribution in [0.5, 0.6) is 0 Å². The van der Waals surface area contributed by atoms with Crippen molar-refractivity contribution in [1.82, 2.24) is 25.3 Å². The van der Waals surface area contributed by atoms with Crippen LogP contribution in [0, 0.1) is 0 Å². The van der Waals surface area contributed by atoms with Crippen molar-refractivity contribution in [2.24, 2.45) is 0 Å². The van der Waals surface area contributed by atoms with Gasteiger partial charge in [0.2, 0.25) is 10.6 Å². The van der Waals surface area contributed by atoms with Crippen LogP contribution in [0.1, 0.15) is 86.7 Å². The fraction of sp³-hybridized carbons (Fsp3) is 0.733. The molecule has 4 heterocycles. The van der Waals surface area contributed by atoms with Gasteiger partial charge in [-0.25, -0.2) is 19.9 Å². The van der Waals surface area contributed by atoms with Crippen LogP contribution in [0.3, 0.4) is 0 Å². The second kappa shape index (κ2) is 14.0. The summed E-state index contributed by atoms with van der Waals surface area (Å²) in [4.78, 5) is 19.4. The van der Waals surface area contributed by atoms with E-state index in [1.165, 1.54) is 62.6 Å². The van der Waals surface area contributed by atoms with Crippen molar-refractivity contribution in [1.29, 1.82) is 0 Å². The van der Waals surface area contributed by atoms with Gasteiger partial charge in [-0.1, -0.05) is 11.6 Å². The van der Waals surface area contributed by atoms with Crippen LogP contribution >= 0.6 is 34.8 Å². The number of nitrogens with one attached hydrogen (secondary N) is 1. The summed E-state index contributed by atoms with van der Waals surface area (Å²) in [5.41, 5.74) is 4.60. The Hall–Kier alpha value is -1.29. The predicted octanol–water partition coefficient (Wildman–Crippen LogP) is 5.96. The molecule has 0 bridgehead atoms. The van der Waals surface area contributed by atoms with E-state index in [-0.39, 0.29) is 5.28 Å². The highest BCUT2D eigenvalue weighted by Crippen LogP contribution is 2.37. The highest BCUT2D eigenvalue weighted by atomic mass is 35.5. The summed E-state index contributed by atoms with van der Waals surface area (Å²) >= 11 is 17.6. The summed E-state index contributed by atoms with van der Waals surface area (Å²) in [6.07, 6.45) is 17.2. The van der Waals surface area contributed by atoms with Gasteiger partial charge in [-0.05, 0) is 120 Å². The molecular formula is C30H41Cl3N6O2. The van der Waals surface area contributed by atoms with Gasteiger partial charge in [0.1, 0.15) is 11.0 Å². The van der Waals surface area contributed by atoms with E-state index in [1.54, 1.807) is 0 Å². The maximum Gasteiger partial charge on any atom is 0.224 e. The molecule has 6 aliphatic rings. The average Bonchev–Trinajstić information content (AvgIpc) is 3.76. The van der Waals surface area contributed by atoms with Gasteiger partial charge in [0.25, 0.3) is 0 Å². The number of halogens is 3. The molecule has 8 nitrogen and oxygen atoms in total. The first-order valence-electron chi connectivity index (χ1n) is 15.6. The average molecular weight is 624 g/mol. The molecule has 0 unspecified atom stereocenters. The second-order valence-corrected chi connectivity index (χ2v) is 12.9. The van der Waals surface area contributed by atoms with E-state index in [0.717, 1.165) is 81.9 Å². The van der Waals surface area contributed by atoms with Crippen LogP contribution in [0.25, 0.3) is 0 Å². The lowest BCUT2D eigenvalue weighted by atomic mass is 10.1. The zero-order valence-electron chi connectivity index (χ0n) is 23.7. The standard InChI is InChI=1S/C15H20ClN3O.C8H15NO.C7H6Cl2N2/c16-15-17-11-5-1-4-10(11)14(18-15)19-8-3-9-20-13-7-2-6-12(13)19;1-3-7-8(4-1)10-6-2-5-9-7;8-6-4-2-1-3-5(4)10-7(9)11-6/h12-13H,1-9H2;7-9H,1-6H2;1-3H2/t12-,13-;7-,8-;/m00./s1. The topological polar surface area (TPSA) is 85.3 Å². The fourth-order valence-corrected chi connectivity index (χ4v) is 7.98. The van der Waals surface area contributed by atoms with Gasteiger partial charge in [0.05, 0.1) is 29.6 Å². The molecule has 0 aromatic carbocycles. The molecule has 8 rings (SSSR count). The molecule has 2 aromatic rings. The van der Waals surface area contributed by atoms with Crippen LogP contribution < -0.4 is 10.2 Å². The number of aryl methyl sites for hydroxylation is 2. The Morgan fingerprint density at radius 3 is 2.20 bits per heavy atom. The van der Waals surface area contributed by atoms with Gasteiger partial charge < -0.3 is 19.7 Å². The van der Waals surface area contributed by atoms with Gasteiger partial charge in [-0.3, -0.25) is 0 Å². The molecule has 0 amide bonds. The molecule has 4 atom stereocenters. The smallest absolute Gasteiger partial charge is 0.224 e. The van der Waals surface area contributed by atoms with Crippen LogP contribution in [0.15, 0.2) is 0 Å².